The summed E-state index contributed by atoms with van der Waals surface area (Å²) in [6.07, 6.45) is 0. The summed E-state index contributed by atoms with van der Waals surface area (Å²) < 4.78 is 23.8. The van der Waals surface area contributed by atoms with E-state index < -0.39 is 17.7 Å². The molecule has 0 radical (unpaired) electrons. The minimum atomic E-state index is -1.00. The Morgan fingerprint density at radius 2 is 1.59 bits per heavy atom. The predicted molar refractivity (Wildman–Crippen MR) is 177 cm³/mol. The highest BCUT2D eigenvalue weighted by Crippen LogP contribution is 2.46. The lowest BCUT2D eigenvalue weighted by Gasteiger charge is -2.24. The van der Waals surface area contributed by atoms with Crippen LogP contribution in [-0.4, -0.2) is 42.1 Å². The number of ketones is 1. The number of hydrogen-bond acceptors (Lipinski definition) is 9. The van der Waals surface area contributed by atoms with Crippen molar-refractivity contribution in [2.75, 3.05) is 25.2 Å². The Kier molecular flexibility index (Phi) is 8.89. The minimum Gasteiger partial charge on any atom is -0.507 e. The van der Waals surface area contributed by atoms with Gasteiger partial charge in [-0.2, -0.15) is 0 Å². The third-order valence-electron chi connectivity index (χ3n) is 7.49. The third kappa shape index (κ3) is 5.99. The summed E-state index contributed by atoms with van der Waals surface area (Å²) in [5.74, 6) is 0.274. The number of aromatic nitrogens is 1. The molecule has 10 heteroatoms. The Labute approximate surface area is 270 Å². The Morgan fingerprint density at radius 1 is 0.848 bits per heavy atom. The summed E-state index contributed by atoms with van der Waals surface area (Å²) in [5, 5.41) is 11.9. The number of thiazole rings is 1. The van der Waals surface area contributed by atoms with Gasteiger partial charge in [-0.25, -0.2) is 4.98 Å². The SMILES string of the molecule is CCOc1ccc2nc(N3C(=O)C(=O)/C(=C(/O)c4ccc(OC)cc4)C3c3ccc(OCc4ccccc4)c(OCC)c3)sc2c1. The molecule has 0 aliphatic carbocycles. The van der Waals surface area contributed by atoms with Crippen LogP contribution in [0.15, 0.2) is 96.6 Å². The summed E-state index contributed by atoms with van der Waals surface area (Å²) in [6, 6.07) is 26.1. The molecule has 1 atom stereocenters. The molecule has 1 amide bonds. The van der Waals surface area contributed by atoms with Crippen molar-refractivity contribution in [1.82, 2.24) is 4.98 Å². The third-order valence-corrected chi connectivity index (χ3v) is 8.51. The Hall–Kier alpha value is -5.35. The summed E-state index contributed by atoms with van der Waals surface area (Å²) in [5.41, 5.74) is 2.48. The van der Waals surface area contributed by atoms with E-state index in [4.69, 9.17) is 23.9 Å². The van der Waals surface area contributed by atoms with Crippen LogP contribution < -0.4 is 23.8 Å². The van der Waals surface area contributed by atoms with Crippen LogP contribution >= 0.6 is 11.3 Å². The summed E-state index contributed by atoms with van der Waals surface area (Å²) in [4.78, 5) is 33.7. The Morgan fingerprint density at radius 3 is 2.30 bits per heavy atom. The second kappa shape index (κ2) is 13.3. The number of aliphatic hydroxyl groups is 1. The van der Waals surface area contributed by atoms with Gasteiger partial charge in [0.25, 0.3) is 5.78 Å². The van der Waals surface area contributed by atoms with Crippen molar-refractivity contribution < 1.29 is 33.6 Å². The summed E-state index contributed by atoms with van der Waals surface area (Å²) in [6.45, 7) is 4.95. The first-order valence-corrected chi connectivity index (χ1v) is 15.7. The van der Waals surface area contributed by atoms with Crippen molar-refractivity contribution in [3.8, 4) is 23.0 Å². The molecule has 1 fully saturated rings. The number of rotatable bonds is 11. The van der Waals surface area contributed by atoms with Crippen LogP contribution in [0, 0.1) is 0 Å². The second-order valence-electron chi connectivity index (χ2n) is 10.4. The maximum Gasteiger partial charge on any atom is 0.301 e. The van der Waals surface area contributed by atoms with Gasteiger partial charge in [-0.1, -0.05) is 47.7 Å². The van der Waals surface area contributed by atoms with Gasteiger partial charge in [0, 0.05) is 5.56 Å². The number of Topliss-reactive ketones (excluding diaryl/α,β-unsaturated/α-hetero) is 1. The van der Waals surface area contributed by atoms with Crippen LogP contribution in [0.1, 0.15) is 36.6 Å². The van der Waals surface area contributed by atoms with E-state index in [9.17, 15) is 14.7 Å². The number of benzene rings is 4. The first-order chi connectivity index (χ1) is 22.4. The normalized spacial score (nSPS) is 15.7. The molecule has 6 rings (SSSR count). The van der Waals surface area contributed by atoms with E-state index in [1.807, 2.05) is 62.4 Å². The number of nitrogens with zero attached hydrogens (tertiary/aromatic N) is 2. The van der Waals surface area contributed by atoms with Crippen LogP contribution in [0.3, 0.4) is 0 Å². The molecule has 1 saturated heterocycles. The van der Waals surface area contributed by atoms with Crippen LogP contribution in [0.2, 0.25) is 0 Å². The van der Waals surface area contributed by atoms with Gasteiger partial charge in [0.15, 0.2) is 16.6 Å². The maximum atomic E-state index is 13.8. The lowest BCUT2D eigenvalue weighted by molar-refractivity contribution is -0.132. The second-order valence-corrected chi connectivity index (χ2v) is 11.4. The van der Waals surface area contributed by atoms with Crippen molar-refractivity contribution >= 4 is 44.1 Å². The molecule has 0 spiro atoms. The van der Waals surface area contributed by atoms with Gasteiger partial charge in [0.05, 0.1) is 42.2 Å². The Balaban J connectivity index is 1.47. The predicted octanol–water partition coefficient (Wildman–Crippen LogP) is 7.31. The zero-order chi connectivity index (χ0) is 32.2. The van der Waals surface area contributed by atoms with Crippen LogP contribution in [0.25, 0.3) is 16.0 Å². The molecule has 1 unspecified atom stereocenters. The number of fused-ring (bicyclic) bond motifs is 1. The number of anilines is 1. The smallest absolute Gasteiger partial charge is 0.301 e. The molecule has 2 heterocycles. The first kappa shape index (κ1) is 30.7. The van der Waals surface area contributed by atoms with E-state index in [0.717, 1.165) is 10.3 Å². The molecule has 0 bridgehead atoms. The number of methoxy groups -OCH3 is 1. The van der Waals surface area contributed by atoms with E-state index >= 15 is 0 Å². The van der Waals surface area contributed by atoms with Crippen LogP contribution in [0.5, 0.6) is 23.0 Å². The molecule has 1 aliphatic rings. The quantitative estimate of drug-likeness (QED) is 0.0914. The molecular formula is C36H32N2O7S. The van der Waals surface area contributed by atoms with Crippen molar-refractivity contribution in [3.05, 3.63) is 113 Å². The van der Waals surface area contributed by atoms with Crippen molar-refractivity contribution in [3.63, 3.8) is 0 Å². The zero-order valence-electron chi connectivity index (χ0n) is 25.6. The lowest BCUT2D eigenvalue weighted by Crippen LogP contribution is -2.29. The van der Waals surface area contributed by atoms with E-state index in [1.165, 1.54) is 16.2 Å². The van der Waals surface area contributed by atoms with Crippen LogP contribution in [-0.2, 0) is 16.2 Å². The molecule has 5 aromatic rings. The largest absolute Gasteiger partial charge is 0.507 e. The van der Waals surface area contributed by atoms with Crippen molar-refractivity contribution in [2.24, 2.45) is 0 Å². The van der Waals surface area contributed by atoms with Gasteiger partial charge < -0.3 is 24.1 Å². The number of amides is 1. The van der Waals surface area contributed by atoms with Crippen molar-refractivity contribution in [1.29, 1.82) is 0 Å². The molecule has 1 aromatic heterocycles. The van der Waals surface area contributed by atoms with E-state index in [-0.39, 0.29) is 11.3 Å². The average Bonchev–Trinajstić information content (AvgIpc) is 3.61. The average molecular weight is 637 g/mol. The number of carbonyl (C=O) groups excluding carboxylic acids is 2. The molecule has 1 N–H and O–H groups in total. The zero-order valence-corrected chi connectivity index (χ0v) is 26.4. The highest BCUT2D eigenvalue weighted by atomic mass is 32.1. The van der Waals surface area contributed by atoms with Gasteiger partial charge in [-0.15, -0.1) is 0 Å². The molecule has 4 aromatic carbocycles. The fourth-order valence-electron chi connectivity index (χ4n) is 5.32. The van der Waals surface area contributed by atoms with E-state index in [0.29, 0.717) is 64.6 Å². The van der Waals surface area contributed by atoms with Gasteiger partial charge in [-0.3, -0.25) is 14.5 Å². The summed E-state index contributed by atoms with van der Waals surface area (Å²) in [7, 11) is 1.54. The number of hydrogen-bond donors (Lipinski definition) is 1. The van der Waals surface area contributed by atoms with Crippen molar-refractivity contribution in [2.45, 2.75) is 26.5 Å². The van der Waals surface area contributed by atoms with E-state index in [1.54, 1.807) is 49.6 Å². The van der Waals surface area contributed by atoms with Gasteiger partial charge >= 0.3 is 5.91 Å². The highest BCUT2D eigenvalue weighted by molar-refractivity contribution is 7.22. The number of carbonyl (C=O) groups is 2. The van der Waals surface area contributed by atoms with Gasteiger partial charge in [0.1, 0.15) is 23.9 Å². The van der Waals surface area contributed by atoms with E-state index in [2.05, 4.69) is 0 Å². The minimum absolute atomic E-state index is 0.0650. The Bertz CT molecular complexity index is 1920. The number of ether oxygens (including phenoxy) is 4. The fraction of sp³-hybridized carbons (Fsp3) is 0.194. The van der Waals surface area contributed by atoms with Gasteiger partial charge in [-0.05, 0) is 79.6 Å². The van der Waals surface area contributed by atoms with Gasteiger partial charge in [0.2, 0.25) is 0 Å². The first-order valence-electron chi connectivity index (χ1n) is 14.8. The highest BCUT2D eigenvalue weighted by Gasteiger charge is 2.48. The lowest BCUT2D eigenvalue weighted by atomic mass is 9.95. The topological polar surface area (TPSA) is 107 Å². The molecule has 0 saturated carbocycles. The van der Waals surface area contributed by atoms with Crippen LogP contribution in [0.4, 0.5) is 5.13 Å². The molecule has 9 nitrogen and oxygen atoms in total. The molecule has 1 aliphatic heterocycles. The molecular weight excluding hydrogens is 604 g/mol. The number of aliphatic hydroxyl groups excluding tert-OH is 1. The maximum absolute atomic E-state index is 13.8. The monoisotopic (exact) mass is 636 g/mol. The fourth-order valence-corrected chi connectivity index (χ4v) is 6.34. The standard InChI is InChI=1S/C36H32N2O7S/c1-4-43-26-16-17-27-30(20-26)46-36(37-27)38-32(31(34(40)35(38)41)33(39)23-11-14-25(42-3)15-12-23)24-13-18-28(29(19-24)44-5-2)45-21-22-9-7-6-8-10-22/h6-20,32,39H,4-5,21H2,1-3H3/b33-31+. The molecule has 46 heavy (non-hydrogen) atoms. The summed E-state index contributed by atoms with van der Waals surface area (Å²) >= 11 is 1.26. The molecule has 234 valence electrons.